The van der Waals surface area contributed by atoms with Crippen LogP contribution in [0.1, 0.15) is 83.4 Å². The SMILES string of the molecule is C=CC(=O)OCCCCCCOc1ccc(C(=O)Oc2cccc(Cc3cc(OC(=O)c4ccc(OCCCCCCOC(=O)C=C)cc4)co3)c2)cc1. The number of rotatable bonds is 24. The molecule has 0 saturated heterocycles. The molecule has 0 bridgehead atoms. The van der Waals surface area contributed by atoms with Crippen molar-refractivity contribution in [2.24, 2.45) is 0 Å². The van der Waals surface area contributed by atoms with Crippen molar-refractivity contribution >= 4 is 23.9 Å². The fourth-order valence-corrected chi connectivity index (χ4v) is 5.09. The van der Waals surface area contributed by atoms with Gasteiger partial charge in [-0.15, -0.1) is 0 Å². The molecule has 0 amide bonds. The minimum absolute atomic E-state index is 0.272. The third-order valence-corrected chi connectivity index (χ3v) is 7.94. The molecule has 0 radical (unpaired) electrons. The van der Waals surface area contributed by atoms with Gasteiger partial charge in [0.2, 0.25) is 0 Å². The first-order chi connectivity index (χ1) is 26.3. The van der Waals surface area contributed by atoms with Crippen LogP contribution in [-0.4, -0.2) is 50.3 Å². The molecule has 0 aliphatic heterocycles. The van der Waals surface area contributed by atoms with E-state index in [1.807, 2.05) is 6.07 Å². The first-order valence-electron chi connectivity index (χ1n) is 18.0. The van der Waals surface area contributed by atoms with Crippen molar-refractivity contribution in [1.29, 1.82) is 0 Å². The van der Waals surface area contributed by atoms with E-state index in [1.165, 1.54) is 6.26 Å². The Bertz CT molecular complexity index is 1810. The summed E-state index contributed by atoms with van der Waals surface area (Å²) in [6.45, 7) is 8.58. The molecular weight excluding hydrogens is 692 g/mol. The van der Waals surface area contributed by atoms with Gasteiger partial charge in [0.25, 0.3) is 0 Å². The highest BCUT2D eigenvalue weighted by atomic mass is 16.5. The highest BCUT2D eigenvalue weighted by Gasteiger charge is 2.14. The van der Waals surface area contributed by atoms with E-state index >= 15 is 0 Å². The normalized spacial score (nSPS) is 10.5. The van der Waals surface area contributed by atoms with Gasteiger partial charge < -0.3 is 32.8 Å². The lowest BCUT2D eigenvalue weighted by atomic mass is 10.1. The predicted molar refractivity (Wildman–Crippen MR) is 201 cm³/mol. The van der Waals surface area contributed by atoms with Gasteiger partial charge in [-0.2, -0.15) is 0 Å². The van der Waals surface area contributed by atoms with E-state index in [0.29, 0.717) is 67.0 Å². The van der Waals surface area contributed by atoms with Gasteiger partial charge in [0.1, 0.15) is 29.3 Å². The standard InChI is InChI=1S/C43H46O11/c1-3-40(44)50-26-11-7-5-9-24-48-35-20-16-33(17-21-35)42(46)53-37-15-13-14-32(28-37)29-38-30-39(31-52-38)54-43(47)34-18-22-36(23-19-34)49-25-10-6-8-12-27-51-41(45)4-2/h3-4,13-23,28,30-31H,1-2,5-12,24-27,29H2. The second-order valence-corrected chi connectivity index (χ2v) is 12.2. The quantitative estimate of drug-likeness (QED) is 0.0296. The summed E-state index contributed by atoms with van der Waals surface area (Å²) >= 11 is 0. The molecule has 11 nitrogen and oxygen atoms in total. The Balaban J connectivity index is 1.14. The number of unbranched alkanes of at least 4 members (excludes halogenated alkanes) is 6. The van der Waals surface area contributed by atoms with Crippen LogP contribution < -0.4 is 18.9 Å². The zero-order valence-corrected chi connectivity index (χ0v) is 30.3. The number of esters is 4. The van der Waals surface area contributed by atoms with Gasteiger partial charge in [-0.1, -0.05) is 25.3 Å². The summed E-state index contributed by atoms with van der Waals surface area (Å²) in [4.78, 5) is 47.6. The molecule has 0 spiro atoms. The Hall–Kier alpha value is -6.10. The summed E-state index contributed by atoms with van der Waals surface area (Å²) in [5.41, 5.74) is 1.58. The Morgan fingerprint density at radius 3 is 1.52 bits per heavy atom. The maximum Gasteiger partial charge on any atom is 0.343 e. The molecule has 1 aromatic heterocycles. The molecule has 54 heavy (non-hydrogen) atoms. The molecule has 3 aromatic carbocycles. The fraction of sp³-hybridized carbons (Fsp3) is 0.302. The van der Waals surface area contributed by atoms with Crippen molar-refractivity contribution in [2.75, 3.05) is 26.4 Å². The van der Waals surface area contributed by atoms with Crippen LogP contribution in [-0.2, 0) is 25.5 Å². The smallest absolute Gasteiger partial charge is 0.343 e. The molecule has 0 atom stereocenters. The monoisotopic (exact) mass is 738 g/mol. The summed E-state index contributed by atoms with van der Waals surface area (Å²) in [6, 6.07) is 22.2. The van der Waals surface area contributed by atoms with Crippen molar-refractivity contribution in [1.82, 2.24) is 0 Å². The Morgan fingerprint density at radius 2 is 1.02 bits per heavy atom. The van der Waals surface area contributed by atoms with Crippen molar-refractivity contribution in [3.05, 3.63) is 133 Å². The molecule has 0 N–H and O–H groups in total. The summed E-state index contributed by atoms with van der Waals surface area (Å²) in [7, 11) is 0. The average molecular weight is 739 g/mol. The number of benzene rings is 3. The molecule has 0 unspecified atom stereocenters. The minimum Gasteiger partial charge on any atom is -0.494 e. The van der Waals surface area contributed by atoms with Gasteiger partial charge in [-0.25, -0.2) is 19.2 Å². The molecule has 4 aromatic rings. The number of hydrogen-bond acceptors (Lipinski definition) is 11. The van der Waals surface area contributed by atoms with Gasteiger partial charge in [-0.3, -0.25) is 0 Å². The van der Waals surface area contributed by atoms with Gasteiger partial charge in [0.05, 0.1) is 37.6 Å². The number of carbonyl (C=O) groups excluding carboxylic acids is 4. The van der Waals surface area contributed by atoms with Crippen molar-refractivity contribution < 1.29 is 52.0 Å². The van der Waals surface area contributed by atoms with Crippen LogP contribution in [0.3, 0.4) is 0 Å². The molecule has 284 valence electrons. The van der Waals surface area contributed by atoms with Crippen LogP contribution in [0.25, 0.3) is 0 Å². The Morgan fingerprint density at radius 1 is 0.537 bits per heavy atom. The lowest BCUT2D eigenvalue weighted by Gasteiger charge is -2.08. The van der Waals surface area contributed by atoms with Crippen molar-refractivity contribution in [2.45, 2.75) is 57.8 Å². The molecule has 0 fully saturated rings. The highest BCUT2D eigenvalue weighted by Crippen LogP contribution is 2.24. The van der Waals surface area contributed by atoms with E-state index in [1.54, 1.807) is 72.8 Å². The lowest BCUT2D eigenvalue weighted by Crippen LogP contribution is -2.08. The van der Waals surface area contributed by atoms with Crippen LogP contribution in [0.15, 0.2) is 115 Å². The zero-order chi connectivity index (χ0) is 38.4. The first kappa shape index (κ1) is 40.7. The second-order valence-electron chi connectivity index (χ2n) is 12.2. The number of ether oxygens (including phenoxy) is 6. The van der Waals surface area contributed by atoms with Crippen molar-refractivity contribution in [3.8, 4) is 23.0 Å². The lowest BCUT2D eigenvalue weighted by molar-refractivity contribution is -0.138. The first-order valence-corrected chi connectivity index (χ1v) is 18.0. The summed E-state index contributed by atoms with van der Waals surface area (Å²) in [6.07, 6.45) is 11.1. The number of hydrogen-bond donors (Lipinski definition) is 0. The third kappa shape index (κ3) is 14.9. The topological polar surface area (TPSA) is 137 Å². The van der Waals surface area contributed by atoms with Crippen LogP contribution in [0, 0.1) is 0 Å². The van der Waals surface area contributed by atoms with E-state index in [0.717, 1.165) is 69.1 Å². The van der Waals surface area contributed by atoms with Crippen LogP contribution in [0.5, 0.6) is 23.0 Å². The summed E-state index contributed by atoms with van der Waals surface area (Å²) < 4.78 is 38.2. The zero-order valence-electron chi connectivity index (χ0n) is 30.3. The molecule has 0 aliphatic carbocycles. The fourth-order valence-electron chi connectivity index (χ4n) is 5.09. The van der Waals surface area contributed by atoms with Gasteiger partial charge >= 0.3 is 23.9 Å². The molecular formula is C43H46O11. The van der Waals surface area contributed by atoms with Gasteiger partial charge in [0, 0.05) is 24.6 Å². The Kier molecular flexibility index (Phi) is 17.1. The summed E-state index contributed by atoms with van der Waals surface area (Å²) in [5.74, 6) is 0.675. The molecule has 0 aliphatic rings. The number of carbonyl (C=O) groups is 4. The van der Waals surface area contributed by atoms with Gasteiger partial charge in [0.15, 0.2) is 5.75 Å². The largest absolute Gasteiger partial charge is 0.494 e. The Labute approximate surface area is 315 Å². The van der Waals surface area contributed by atoms with Crippen molar-refractivity contribution in [3.63, 3.8) is 0 Å². The molecule has 4 rings (SSSR count). The van der Waals surface area contributed by atoms with E-state index in [2.05, 4.69) is 13.2 Å². The third-order valence-electron chi connectivity index (χ3n) is 7.94. The van der Waals surface area contributed by atoms with E-state index in [-0.39, 0.29) is 5.75 Å². The molecule has 11 heteroatoms. The predicted octanol–water partition coefficient (Wildman–Crippen LogP) is 8.65. The maximum absolute atomic E-state index is 12.8. The van der Waals surface area contributed by atoms with Crippen LogP contribution in [0.2, 0.25) is 0 Å². The molecule has 1 heterocycles. The summed E-state index contributed by atoms with van der Waals surface area (Å²) in [5, 5.41) is 0. The van der Waals surface area contributed by atoms with E-state index < -0.39 is 23.9 Å². The van der Waals surface area contributed by atoms with Crippen LogP contribution in [0.4, 0.5) is 0 Å². The van der Waals surface area contributed by atoms with E-state index in [4.69, 9.17) is 32.8 Å². The maximum atomic E-state index is 12.8. The molecule has 0 saturated carbocycles. The minimum atomic E-state index is -0.531. The van der Waals surface area contributed by atoms with E-state index in [9.17, 15) is 19.2 Å². The highest BCUT2D eigenvalue weighted by molar-refractivity contribution is 5.91. The average Bonchev–Trinajstić information content (AvgIpc) is 3.63. The van der Waals surface area contributed by atoms with Crippen LogP contribution >= 0.6 is 0 Å². The second kappa shape index (κ2) is 22.8. The van der Waals surface area contributed by atoms with Gasteiger partial charge in [-0.05, 0) is 118 Å². The number of furan rings is 1.